The fourth-order valence-corrected chi connectivity index (χ4v) is 2.61. The number of pyridine rings is 1. The molecule has 0 aliphatic carbocycles. The van der Waals surface area contributed by atoms with Crippen LogP contribution in [0.2, 0.25) is 5.02 Å². The van der Waals surface area contributed by atoms with Crippen molar-refractivity contribution in [1.82, 2.24) is 19.6 Å². The first-order chi connectivity index (χ1) is 9.67. The van der Waals surface area contributed by atoms with Crippen molar-refractivity contribution in [2.45, 2.75) is 19.5 Å². The molecule has 0 bridgehead atoms. The number of aromatic nitrogens is 2. The average Bonchev–Trinajstić information content (AvgIpc) is 2.37. The highest BCUT2D eigenvalue weighted by atomic mass is 35.5. The number of nitrogens with zero attached hydrogens (tertiary/aromatic N) is 3. The summed E-state index contributed by atoms with van der Waals surface area (Å²) in [7, 11) is 0. The van der Waals surface area contributed by atoms with Gasteiger partial charge in [0.2, 0.25) is 0 Å². The quantitative estimate of drug-likeness (QED) is 0.918. The second-order valence-electron chi connectivity index (χ2n) is 5.04. The van der Waals surface area contributed by atoms with E-state index in [4.69, 9.17) is 11.6 Å². The Hall–Kier alpha value is -1.43. The third-order valence-electron chi connectivity index (χ3n) is 3.72. The van der Waals surface area contributed by atoms with Crippen LogP contribution in [0.4, 0.5) is 0 Å². The van der Waals surface area contributed by atoms with Crippen molar-refractivity contribution in [3.63, 3.8) is 0 Å². The Kier molecular flexibility index (Phi) is 3.74. The molecule has 0 spiro atoms. The summed E-state index contributed by atoms with van der Waals surface area (Å²) in [6, 6.07) is 5.66. The number of fused-ring (bicyclic) bond motifs is 1. The molecule has 1 aliphatic rings. The molecule has 2 aromatic rings. The highest BCUT2D eigenvalue weighted by Crippen LogP contribution is 2.11. The molecule has 3 rings (SSSR count). The molecule has 1 aliphatic heterocycles. The Labute approximate surface area is 122 Å². The zero-order valence-corrected chi connectivity index (χ0v) is 12.1. The Bertz CT molecular complexity index is 680. The topological polar surface area (TPSA) is 49.6 Å². The molecule has 1 fully saturated rings. The highest BCUT2D eigenvalue weighted by molar-refractivity contribution is 6.30. The summed E-state index contributed by atoms with van der Waals surface area (Å²) in [5.41, 5.74) is 1.36. The molecule has 1 N–H and O–H groups in total. The molecule has 5 nitrogen and oxygen atoms in total. The van der Waals surface area contributed by atoms with Crippen LogP contribution in [-0.2, 0) is 6.54 Å². The van der Waals surface area contributed by atoms with Crippen molar-refractivity contribution in [3.8, 4) is 0 Å². The van der Waals surface area contributed by atoms with E-state index in [0.29, 0.717) is 23.3 Å². The maximum atomic E-state index is 12.1. The van der Waals surface area contributed by atoms with Crippen LogP contribution in [0.25, 0.3) is 5.65 Å². The number of nitrogens with one attached hydrogen (secondary N) is 1. The lowest BCUT2D eigenvalue weighted by atomic mass is 10.1. The van der Waals surface area contributed by atoms with E-state index in [-0.39, 0.29) is 5.56 Å². The Morgan fingerprint density at radius 2 is 2.30 bits per heavy atom. The lowest BCUT2D eigenvalue weighted by Crippen LogP contribution is -2.56. The average molecular weight is 293 g/mol. The van der Waals surface area contributed by atoms with Gasteiger partial charge in [0.25, 0.3) is 5.56 Å². The standard InChI is InChI=1S/C14H17ClN4O/c1-2-18(12-6-16-7-12)9-11-5-14(20)19-8-10(15)3-4-13(19)17-11/h3-5,8,12,16H,2,6-7,9H2,1H3. The molecule has 106 valence electrons. The van der Waals surface area contributed by atoms with Crippen LogP contribution >= 0.6 is 11.6 Å². The van der Waals surface area contributed by atoms with Crippen molar-refractivity contribution in [2.75, 3.05) is 19.6 Å². The minimum Gasteiger partial charge on any atom is -0.314 e. The van der Waals surface area contributed by atoms with E-state index in [9.17, 15) is 4.79 Å². The second-order valence-corrected chi connectivity index (χ2v) is 5.47. The Balaban J connectivity index is 1.92. The van der Waals surface area contributed by atoms with Gasteiger partial charge in [0.15, 0.2) is 0 Å². The third-order valence-corrected chi connectivity index (χ3v) is 3.95. The molecule has 0 unspecified atom stereocenters. The van der Waals surface area contributed by atoms with Gasteiger partial charge < -0.3 is 5.32 Å². The van der Waals surface area contributed by atoms with Gasteiger partial charge in [-0.25, -0.2) is 4.98 Å². The molecule has 3 heterocycles. The zero-order valence-electron chi connectivity index (χ0n) is 11.3. The summed E-state index contributed by atoms with van der Waals surface area (Å²) in [4.78, 5) is 19.0. The van der Waals surface area contributed by atoms with Crippen molar-refractivity contribution in [2.24, 2.45) is 0 Å². The van der Waals surface area contributed by atoms with Crippen LogP contribution in [0.15, 0.2) is 29.2 Å². The van der Waals surface area contributed by atoms with Gasteiger partial charge in [-0.3, -0.25) is 14.1 Å². The molecular weight excluding hydrogens is 276 g/mol. The lowest BCUT2D eigenvalue weighted by molar-refractivity contribution is 0.143. The zero-order chi connectivity index (χ0) is 14.1. The van der Waals surface area contributed by atoms with E-state index in [0.717, 1.165) is 25.3 Å². The molecule has 2 aromatic heterocycles. The fraction of sp³-hybridized carbons (Fsp3) is 0.429. The third kappa shape index (κ3) is 2.57. The summed E-state index contributed by atoms with van der Waals surface area (Å²) in [5.74, 6) is 0. The molecule has 0 aromatic carbocycles. The van der Waals surface area contributed by atoms with Crippen LogP contribution in [0, 0.1) is 0 Å². The van der Waals surface area contributed by atoms with Crippen LogP contribution in [0.3, 0.4) is 0 Å². The molecule has 6 heteroatoms. The second kappa shape index (κ2) is 5.52. The first kappa shape index (κ1) is 13.5. The minimum absolute atomic E-state index is 0.0877. The fourth-order valence-electron chi connectivity index (χ4n) is 2.45. The lowest BCUT2D eigenvalue weighted by Gasteiger charge is -2.37. The van der Waals surface area contributed by atoms with Gasteiger partial charge in [0, 0.05) is 37.9 Å². The maximum absolute atomic E-state index is 12.1. The molecule has 0 atom stereocenters. The van der Waals surface area contributed by atoms with Crippen molar-refractivity contribution >= 4 is 17.2 Å². The Morgan fingerprint density at radius 3 is 2.95 bits per heavy atom. The monoisotopic (exact) mass is 292 g/mol. The van der Waals surface area contributed by atoms with Gasteiger partial charge in [-0.2, -0.15) is 0 Å². The normalized spacial score (nSPS) is 15.8. The number of likely N-dealkylation sites (N-methyl/N-ethyl adjacent to an activating group) is 1. The van der Waals surface area contributed by atoms with Crippen LogP contribution < -0.4 is 10.9 Å². The Morgan fingerprint density at radius 1 is 1.50 bits per heavy atom. The largest absolute Gasteiger partial charge is 0.314 e. The van der Waals surface area contributed by atoms with Gasteiger partial charge in [-0.1, -0.05) is 18.5 Å². The first-order valence-electron chi connectivity index (χ1n) is 6.80. The first-order valence-corrected chi connectivity index (χ1v) is 7.18. The summed E-state index contributed by atoms with van der Waals surface area (Å²) in [6.07, 6.45) is 1.60. The van der Waals surface area contributed by atoms with E-state index < -0.39 is 0 Å². The summed E-state index contributed by atoms with van der Waals surface area (Å²) < 4.78 is 1.48. The SMILES string of the molecule is CCN(Cc1cc(=O)n2cc(Cl)ccc2n1)C1CNC1. The van der Waals surface area contributed by atoms with Gasteiger partial charge in [0.05, 0.1) is 10.7 Å². The molecule has 1 saturated heterocycles. The van der Waals surface area contributed by atoms with Gasteiger partial charge >= 0.3 is 0 Å². The number of rotatable bonds is 4. The van der Waals surface area contributed by atoms with Gasteiger partial charge in [-0.15, -0.1) is 0 Å². The van der Waals surface area contributed by atoms with E-state index in [1.54, 1.807) is 24.4 Å². The van der Waals surface area contributed by atoms with Crippen LogP contribution in [-0.4, -0.2) is 40.0 Å². The number of hydrogen-bond acceptors (Lipinski definition) is 4. The molecule has 20 heavy (non-hydrogen) atoms. The van der Waals surface area contributed by atoms with Crippen molar-refractivity contribution < 1.29 is 0 Å². The van der Waals surface area contributed by atoms with E-state index in [2.05, 4.69) is 22.1 Å². The predicted molar refractivity (Wildman–Crippen MR) is 79.2 cm³/mol. The van der Waals surface area contributed by atoms with Crippen LogP contribution in [0.5, 0.6) is 0 Å². The van der Waals surface area contributed by atoms with E-state index in [1.807, 2.05) is 0 Å². The smallest absolute Gasteiger partial charge is 0.258 e. The maximum Gasteiger partial charge on any atom is 0.258 e. The van der Waals surface area contributed by atoms with Crippen molar-refractivity contribution in [3.05, 3.63) is 45.5 Å². The van der Waals surface area contributed by atoms with E-state index >= 15 is 0 Å². The molecular formula is C14H17ClN4O. The van der Waals surface area contributed by atoms with E-state index in [1.165, 1.54) is 4.40 Å². The van der Waals surface area contributed by atoms with Gasteiger partial charge in [-0.05, 0) is 18.7 Å². The summed E-state index contributed by atoms with van der Waals surface area (Å²) in [6.45, 7) is 5.81. The summed E-state index contributed by atoms with van der Waals surface area (Å²) >= 11 is 5.90. The predicted octanol–water partition coefficient (Wildman–Crippen LogP) is 1.14. The van der Waals surface area contributed by atoms with Gasteiger partial charge in [0.1, 0.15) is 5.65 Å². The molecule has 0 amide bonds. The number of halogens is 1. The summed E-state index contributed by atoms with van der Waals surface area (Å²) in [5, 5.41) is 3.80. The molecule has 0 saturated carbocycles. The minimum atomic E-state index is -0.0877. The highest BCUT2D eigenvalue weighted by Gasteiger charge is 2.23. The van der Waals surface area contributed by atoms with Crippen molar-refractivity contribution in [1.29, 1.82) is 0 Å². The van der Waals surface area contributed by atoms with Crippen LogP contribution in [0.1, 0.15) is 12.6 Å². The number of hydrogen-bond donors (Lipinski definition) is 1. The molecule has 0 radical (unpaired) electrons.